The van der Waals surface area contributed by atoms with E-state index in [4.69, 9.17) is 10.5 Å². The SMILES string of the molecule is COc1ccc(CCN2C[C@H](C(N)=O)[C@@H](c3cnn(C)c3)C2)cc1. The number of hydrogen-bond donors (Lipinski definition) is 1. The minimum absolute atomic E-state index is 0.132. The molecule has 2 aromatic rings. The van der Waals surface area contributed by atoms with Crippen molar-refractivity contribution >= 4 is 5.91 Å². The Balaban J connectivity index is 1.63. The summed E-state index contributed by atoms with van der Waals surface area (Å²) in [5.74, 6) is 0.623. The topological polar surface area (TPSA) is 73.4 Å². The van der Waals surface area contributed by atoms with Gasteiger partial charge in [0, 0.05) is 38.8 Å². The molecule has 0 aliphatic carbocycles. The number of nitrogens with two attached hydrogens (primary N) is 1. The minimum atomic E-state index is -0.226. The molecule has 3 rings (SSSR count). The second-order valence-electron chi connectivity index (χ2n) is 6.42. The zero-order valence-electron chi connectivity index (χ0n) is 14.2. The van der Waals surface area contributed by atoms with E-state index in [0.29, 0.717) is 6.54 Å². The van der Waals surface area contributed by atoms with Gasteiger partial charge in [0.15, 0.2) is 0 Å². The number of aromatic nitrogens is 2. The number of amides is 1. The van der Waals surface area contributed by atoms with Gasteiger partial charge in [-0.15, -0.1) is 0 Å². The Morgan fingerprint density at radius 3 is 2.67 bits per heavy atom. The van der Waals surface area contributed by atoms with Crippen molar-refractivity contribution in [2.45, 2.75) is 12.3 Å². The minimum Gasteiger partial charge on any atom is -0.497 e. The second kappa shape index (κ2) is 7.05. The van der Waals surface area contributed by atoms with E-state index < -0.39 is 0 Å². The number of carbonyl (C=O) groups is 1. The molecule has 0 saturated carbocycles. The number of carbonyl (C=O) groups excluding carboxylic acids is 1. The molecule has 0 radical (unpaired) electrons. The standard InChI is InChI=1S/C18H24N4O2/c1-21-10-14(9-20-21)16-11-22(12-17(16)18(19)23)8-7-13-3-5-15(24-2)6-4-13/h3-6,9-10,16-17H,7-8,11-12H2,1-2H3,(H2,19,23)/t16-,17+/m1/s1. The molecule has 1 amide bonds. The maximum absolute atomic E-state index is 11.8. The number of benzene rings is 1. The average Bonchev–Trinajstić information content (AvgIpc) is 3.19. The molecule has 0 bridgehead atoms. The van der Waals surface area contributed by atoms with Crippen molar-refractivity contribution in [1.29, 1.82) is 0 Å². The van der Waals surface area contributed by atoms with Crippen LogP contribution in [-0.2, 0) is 18.3 Å². The lowest BCUT2D eigenvalue weighted by atomic mass is 9.90. The van der Waals surface area contributed by atoms with Crippen LogP contribution in [0, 0.1) is 5.92 Å². The van der Waals surface area contributed by atoms with Crippen molar-refractivity contribution in [3.8, 4) is 5.75 Å². The van der Waals surface area contributed by atoms with Crippen molar-refractivity contribution in [2.24, 2.45) is 18.7 Å². The maximum atomic E-state index is 11.8. The molecule has 1 aliphatic heterocycles. The van der Waals surface area contributed by atoms with E-state index in [1.807, 2.05) is 31.6 Å². The summed E-state index contributed by atoms with van der Waals surface area (Å²) in [5.41, 5.74) is 7.98. The van der Waals surface area contributed by atoms with Gasteiger partial charge < -0.3 is 15.4 Å². The predicted octanol–water partition coefficient (Wildman–Crippen LogP) is 1.17. The third-order valence-electron chi connectivity index (χ3n) is 4.79. The highest BCUT2D eigenvalue weighted by atomic mass is 16.5. The highest BCUT2D eigenvalue weighted by Crippen LogP contribution is 2.32. The zero-order chi connectivity index (χ0) is 17.1. The Hall–Kier alpha value is -2.34. The molecule has 1 saturated heterocycles. The first-order valence-corrected chi connectivity index (χ1v) is 8.20. The van der Waals surface area contributed by atoms with Gasteiger partial charge in [-0.2, -0.15) is 5.10 Å². The number of hydrogen-bond acceptors (Lipinski definition) is 4. The van der Waals surface area contributed by atoms with Crippen molar-refractivity contribution in [3.05, 3.63) is 47.8 Å². The fraction of sp³-hybridized carbons (Fsp3) is 0.444. The van der Waals surface area contributed by atoms with E-state index in [-0.39, 0.29) is 17.7 Å². The van der Waals surface area contributed by atoms with Gasteiger partial charge in [-0.1, -0.05) is 12.1 Å². The number of primary amides is 1. The molecule has 0 spiro atoms. The van der Waals surface area contributed by atoms with E-state index in [1.54, 1.807) is 11.8 Å². The second-order valence-corrected chi connectivity index (χ2v) is 6.42. The van der Waals surface area contributed by atoms with Crippen LogP contribution in [0.4, 0.5) is 0 Å². The van der Waals surface area contributed by atoms with Crippen LogP contribution in [0.15, 0.2) is 36.7 Å². The smallest absolute Gasteiger partial charge is 0.222 e. The molecule has 2 atom stereocenters. The van der Waals surface area contributed by atoms with E-state index in [1.165, 1.54) is 5.56 Å². The number of nitrogens with zero attached hydrogens (tertiary/aromatic N) is 3. The van der Waals surface area contributed by atoms with Gasteiger partial charge in [0.05, 0.1) is 19.2 Å². The van der Waals surface area contributed by atoms with E-state index in [9.17, 15) is 4.79 Å². The molecular formula is C18H24N4O2. The van der Waals surface area contributed by atoms with Crippen LogP contribution >= 0.6 is 0 Å². The molecule has 2 N–H and O–H groups in total. The number of likely N-dealkylation sites (tertiary alicyclic amines) is 1. The molecule has 24 heavy (non-hydrogen) atoms. The normalized spacial score (nSPS) is 21.1. The van der Waals surface area contributed by atoms with Gasteiger partial charge in [0.2, 0.25) is 5.91 Å². The van der Waals surface area contributed by atoms with Gasteiger partial charge in [-0.3, -0.25) is 9.48 Å². The maximum Gasteiger partial charge on any atom is 0.222 e. The first-order chi connectivity index (χ1) is 11.6. The summed E-state index contributed by atoms with van der Waals surface area (Å²) in [6.07, 6.45) is 4.76. The summed E-state index contributed by atoms with van der Waals surface area (Å²) in [7, 11) is 3.56. The molecule has 6 heteroatoms. The van der Waals surface area contributed by atoms with E-state index in [0.717, 1.165) is 30.8 Å². The van der Waals surface area contributed by atoms with Gasteiger partial charge in [0.25, 0.3) is 0 Å². The highest BCUT2D eigenvalue weighted by Gasteiger charge is 2.37. The predicted molar refractivity (Wildman–Crippen MR) is 91.8 cm³/mol. The van der Waals surface area contributed by atoms with Gasteiger partial charge >= 0.3 is 0 Å². The number of ether oxygens (including phenoxy) is 1. The first kappa shape index (κ1) is 16.5. The van der Waals surface area contributed by atoms with Crippen LogP contribution in [-0.4, -0.2) is 47.3 Å². The zero-order valence-corrected chi connectivity index (χ0v) is 14.2. The molecule has 128 valence electrons. The molecule has 2 heterocycles. The molecule has 1 aromatic carbocycles. The number of rotatable bonds is 6. The highest BCUT2D eigenvalue weighted by molar-refractivity contribution is 5.78. The van der Waals surface area contributed by atoms with E-state index in [2.05, 4.69) is 22.1 Å². The third-order valence-corrected chi connectivity index (χ3v) is 4.79. The number of methoxy groups -OCH3 is 1. The van der Waals surface area contributed by atoms with Gasteiger partial charge in [-0.05, 0) is 29.7 Å². The lowest BCUT2D eigenvalue weighted by molar-refractivity contribution is -0.121. The Kier molecular flexibility index (Phi) is 4.85. The molecule has 1 aromatic heterocycles. The van der Waals surface area contributed by atoms with Crippen LogP contribution < -0.4 is 10.5 Å². The molecule has 1 aliphatic rings. The van der Waals surface area contributed by atoms with Gasteiger partial charge in [0.1, 0.15) is 5.75 Å². The first-order valence-electron chi connectivity index (χ1n) is 8.20. The van der Waals surface area contributed by atoms with Gasteiger partial charge in [-0.25, -0.2) is 0 Å². The average molecular weight is 328 g/mol. The van der Waals surface area contributed by atoms with Crippen LogP contribution in [0.2, 0.25) is 0 Å². The fourth-order valence-corrected chi connectivity index (χ4v) is 3.40. The molecule has 6 nitrogen and oxygen atoms in total. The quantitative estimate of drug-likeness (QED) is 0.864. The van der Waals surface area contributed by atoms with Crippen molar-refractivity contribution in [2.75, 3.05) is 26.7 Å². The summed E-state index contributed by atoms with van der Waals surface area (Å²) in [6.45, 7) is 2.47. The summed E-state index contributed by atoms with van der Waals surface area (Å²) in [6, 6.07) is 8.12. The summed E-state index contributed by atoms with van der Waals surface area (Å²) in [5, 5.41) is 4.22. The van der Waals surface area contributed by atoms with Crippen LogP contribution in [0.25, 0.3) is 0 Å². The fourth-order valence-electron chi connectivity index (χ4n) is 3.40. The monoisotopic (exact) mass is 328 g/mol. The molecular weight excluding hydrogens is 304 g/mol. The molecule has 1 fully saturated rings. The Bertz CT molecular complexity index is 695. The lowest BCUT2D eigenvalue weighted by Gasteiger charge is -2.15. The van der Waals surface area contributed by atoms with Crippen molar-refractivity contribution in [1.82, 2.24) is 14.7 Å². The Morgan fingerprint density at radius 1 is 1.33 bits per heavy atom. The Morgan fingerprint density at radius 2 is 2.08 bits per heavy atom. The van der Waals surface area contributed by atoms with Crippen LogP contribution in [0.1, 0.15) is 17.0 Å². The summed E-state index contributed by atoms with van der Waals surface area (Å²) < 4.78 is 6.95. The largest absolute Gasteiger partial charge is 0.497 e. The summed E-state index contributed by atoms with van der Waals surface area (Å²) in [4.78, 5) is 14.2. The number of aryl methyl sites for hydroxylation is 1. The van der Waals surface area contributed by atoms with E-state index >= 15 is 0 Å². The molecule has 0 unspecified atom stereocenters. The van der Waals surface area contributed by atoms with Crippen molar-refractivity contribution < 1.29 is 9.53 Å². The lowest BCUT2D eigenvalue weighted by Crippen LogP contribution is -2.29. The van der Waals surface area contributed by atoms with Crippen molar-refractivity contribution in [3.63, 3.8) is 0 Å². The van der Waals surface area contributed by atoms with Crippen LogP contribution in [0.5, 0.6) is 5.75 Å². The summed E-state index contributed by atoms with van der Waals surface area (Å²) >= 11 is 0. The Labute approximate surface area is 142 Å². The van der Waals surface area contributed by atoms with Crippen LogP contribution in [0.3, 0.4) is 0 Å². The third kappa shape index (κ3) is 3.59.